The Labute approximate surface area is 180 Å². The van der Waals surface area contributed by atoms with Gasteiger partial charge in [-0.15, -0.1) is 24.9 Å². The number of halogens is 3. The lowest BCUT2D eigenvalue weighted by atomic mass is 10.2. The first-order valence-electron chi connectivity index (χ1n) is 8.93. The quantitative estimate of drug-likeness (QED) is 0.463. The van der Waals surface area contributed by atoms with Crippen LogP contribution in [0.15, 0.2) is 47.4 Å². The zero-order valence-corrected chi connectivity index (χ0v) is 18.2. The van der Waals surface area contributed by atoms with E-state index in [4.69, 9.17) is 0 Å². The van der Waals surface area contributed by atoms with Gasteiger partial charge >= 0.3 is 6.36 Å². The van der Waals surface area contributed by atoms with Crippen LogP contribution in [-0.2, 0) is 0 Å². The van der Waals surface area contributed by atoms with Gasteiger partial charge in [-0.05, 0) is 56.7 Å². The van der Waals surface area contributed by atoms with E-state index in [9.17, 15) is 18.0 Å². The molecule has 1 aromatic heterocycles. The van der Waals surface area contributed by atoms with Crippen LogP contribution in [0.25, 0.3) is 10.2 Å². The molecular formula is C20H20F3N3O2S2. The van der Waals surface area contributed by atoms with E-state index < -0.39 is 6.36 Å². The van der Waals surface area contributed by atoms with Crippen molar-refractivity contribution in [2.75, 3.05) is 38.3 Å². The molecule has 5 nitrogen and oxygen atoms in total. The number of aromatic nitrogens is 1. The monoisotopic (exact) mass is 455 g/mol. The van der Waals surface area contributed by atoms with E-state index >= 15 is 0 Å². The molecule has 3 aromatic rings. The first-order valence-corrected chi connectivity index (χ1v) is 11.0. The Morgan fingerprint density at radius 3 is 2.43 bits per heavy atom. The van der Waals surface area contributed by atoms with Crippen LogP contribution in [-0.4, -0.2) is 55.6 Å². The van der Waals surface area contributed by atoms with Crippen molar-refractivity contribution in [3.05, 3.63) is 48.0 Å². The van der Waals surface area contributed by atoms with Crippen LogP contribution in [0.4, 0.5) is 18.3 Å². The number of thiazole rings is 1. The predicted octanol–water partition coefficient (Wildman–Crippen LogP) is 5.13. The van der Waals surface area contributed by atoms with Gasteiger partial charge in [0.2, 0.25) is 0 Å². The molecule has 0 atom stereocenters. The molecule has 0 unspecified atom stereocenters. The number of nitrogens with zero attached hydrogens (tertiary/aromatic N) is 3. The zero-order valence-electron chi connectivity index (χ0n) is 16.6. The van der Waals surface area contributed by atoms with Gasteiger partial charge in [-0.1, -0.05) is 11.3 Å². The van der Waals surface area contributed by atoms with E-state index in [0.717, 1.165) is 16.2 Å². The van der Waals surface area contributed by atoms with Crippen molar-refractivity contribution < 1.29 is 22.7 Å². The Morgan fingerprint density at radius 2 is 1.83 bits per heavy atom. The third-order valence-electron chi connectivity index (χ3n) is 4.17. The van der Waals surface area contributed by atoms with Gasteiger partial charge in [0.25, 0.3) is 5.91 Å². The highest BCUT2D eigenvalue weighted by molar-refractivity contribution is 7.98. The molecule has 3 rings (SSSR count). The fourth-order valence-electron chi connectivity index (χ4n) is 2.68. The molecule has 2 aromatic carbocycles. The Hall–Kier alpha value is -2.30. The van der Waals surface area contributed by atoms with E-state index in [-0.39, 0.29) is 11.7 Å². The second-order valence-electron chi connectivity index (χ2n) is 6.66. The average Bonchev–Trinajstić information content (AvgIpc) is 3.09. The lowest BCUT2D eigenvalue weighted by Gasteiger charge is -2.22. The largest absolute Gasteiger partial charge is 0.573 e. The lowest BCUT2D eigenvalue weighted by molar-refractivity contribution is -0.274. The molecule has 0 radical (unpaired) electrons. The molecule has 0 bridgehead atoms. The second-order valence-corrected chi connectivity index (χ2v) is 8.55. The Morgan fingerprint density at radius 1 is 1.13 bits per heavy atom. The fourth-order valence-corrected chi connectivity index (χ4v) is 4.11. The van der Waals surface area contributed by atoms with Crippen molar-refractivity contribution in [1.29, 1.82) is 0 Å². The highest BCUT2D eigenvalue weighted by atomic mass is 32.2. The molecule has 0 aliphatic carbocycles. The van der Waals surface area contributed by atoms with Crippen LogP contribution in [0, 0.1) is 0 Å². The molecule has 160 valence electrons. The summed E-state index contributed by atoms with van der Waals surface area (Å²) in [7, 11) is 3.80. The molecule has 0 aliphatic rings. The summed E-state index contributed by atoms with van der Waals surface area (Å²) in [6, 6.07) is 11.2. The van der Waals surface area contributed by atoms with Crippen molar-refractivity contribution in [2.45, 2.75) is 11.3 Å². The van der Waals surface area contributed by atoms with Crippen LogP contribution < -0.4 is 9.64 Å². The SMILES string of the molecule is CSc1ccc(C(=O)N(CCN(C)C)c2nc3ccc(OC(F)(F)F)cc3s2)cc1. The molecule has 0 saturated heterocycles. The van der Waals surface area contributed by atoms with Gasteiger partial charge in [0.05, 0.1) is 10.2 Å². The predicted molar refractivity (Wildman–Crippen MR) is 115 cm³/mol. The Kier molecular flexibility index (Phi) is 6.89. The maximum absolute atomic E-state index is 13.2. The van der Waals surface area contributed by atoms with Gasteiger partial charge in [0, 0.05) is 29.6 Å². The summed E-state index contributed by atoms with van der Waals surface area (Å²) in [5, 5.41) is 0.426. The summed E-state index contributed by atoms with van der Waals surface area (Å²) in [5.41, 5.74) is 1.02. The third kappa shape index (κ3) is 5.65. The van der Waals surface area contributed by atoms with Crippen molar-refractivity contribution >= 4 is 44.4 Å². The van der Waals surface area contributed by atoms with Crippen LogP contribution in [0.5, 0.6) is 5.75 Å². The van der Waals surface area contributed by atoms with E-state index in [1.54, 1.807) is 28.8 Å². The van der Waals surface area contributed by atoms with E-state index in [0.29, 0.717) is 34.0 Å². The summed E-state index contributed by atoms with van der Waals surface area (Å²) in [5.74, 6) is -0.528. The summed E-state index contributed by atoms with van der Waals surface area (Å²) in [6.45, 7) is 0.995. The molecule has 0 spiro atoms. The number of hydrogen-bond donors (Lipinski definition) is 0. The maximum atomic E-state index is 13.2. The molecule has 1 amide bonds. The number of thioether (sulfide) groups is 1. The van der Waals surface area contributed by atoms with E-state index in [1.807, 2.05) is 37.4 Å². The maximum Gasteiger partial charge on any atom is 0.573 e. The number of alkyl halides is 3. The number of amides is 1. The summed E-state index contributed by atoms with van der Waals surface area (Å²) in [6.07, 6.45) is -2.81. The van der Waals surface area contributed by atoms with E-state index in [2.05, 4.69) is 9.72 Å². The van der Waals surface area contributed by atoms with Gasteiger partial charge in [-0.25, -0.2) is 4.98 Å². The highest BCUT2D eigenvalue weighted by Crippen LogP contribution is 2.34. The molecule has 0 saturated carbocycles. The van der Waals surface area contributed by atoms with Gasteiger partial charge in [0.15, 0.2) is 5.13 Å². The first-order chi connectivity index (χ1) is 14.2. The van der Waals surface area contributed by atoms with Crippen LogP contribution >= 0.6 is 23.1 Å². The number of carbonyl (C=O) groups excluding carboxylic acids is 1. The number of anilines is 1. The van der Waals surface area contributed by atoms with Crippen molar-refractivity contribution in [3.63, 3.8) is 0 Å². The number of hydrogen-bond acceptors (Lipinski definition) is 6. The first kappa shape index (κ1) is 22.4. The van der Waals surface area contributed by atoms with Gasteiger partial charge in [-0.3, -0.25) is 9.69 Å². The van der Waals surface area contributed by atoms with Gasteiger partial charge in [0.1, 0.15) is 5.75 Å². The number of rotatable bonds is 7. The highest BCUT2D eigenvalue weighted by Gasteiger charge is 2.31. The number of benzene rings is 2. The number of carbonyl (C=O) groups is 1. The standard InChI is InChI=1S/C20H20F3N3O2S2/c1-25(2)10-11-26(18(27)13-4-7-15(29-3)8-5-13)19-24-16-9-6-14(12-17(16)30-19)28-20(21,22)23/h4-9,12H,10-11H2,1-3H3. The summed E-state index contributed by atoms with van der Waals surface area (Å²) in [4.78, 5) is 22.2. The summed E-state index contributed by atoms with van der Waals surface area (Å²) < 4.78 is 42.0. The minimum absolute atomic E-state index is 0.213. The number of likely N-dealkylation sites (N-methyl/N-ethyl adjacent to an activating group) is 1. The summed E-state index contributed by atoms with van der Waals surface area (Å²) >= 11 is 2.73. The second kappa shape index (κ2) is 9.23. The molecule has 30 heavy (non-hydrogen) atoms. The minimum Gasteiger partial charge on any atom is -0.406 e. The average molecular weight is 456 g/mol. The Balaban J connectivity index is 1.93. The lowest BCUT2D eigenvalue weighted by Crippen LogP contribution is -2.36. The van der Waals surface area contributed by atoms with Gasteiger partial charge in [-0.2, -0.15) is 0 Å². The number of ether oxygens (including phenoxy) is 1. The smallest absolute Gasteiger partial charge is 0.406 e. The molecule has 0 aliphatic heterocycles. The Bertz CT molecular complexity index is 1020. The molecule has 10 heteroatoms. The van der Waals surface area contributed by atoms with Gasteiger partial charge < -0.3 is 9.64 Å². The number of fused-ring (bicyclic) bond motifs is 1. The van der Waals surface area contributed by atoms with E-state index in [1.165, 1.54) is 18.2 Å². The molecular weight excluding hydrogens is 435 g/mol. The fraction of sp³-hybridized carbons (Fsp3) is 0.300. The van der Waals surface area contributed by atoms with Crippen LogP contribution in [0.3, 0.4) is 0 Å². The zero-order chi connectivity index (χ0) is 21.9. The third-order valence-corrected chi connectivity index (χ3v) is 5.95. The van der Waals surface area contributed by atoms with Crippen LogP contribution in [0.1, 0.15) is 10.4 Å². The topological polar surface area (TPSA) is 45.7 Å². The molecule has 1 heterocycles. The minimum atomic E-state index is -4.77. The van der Waals surface area contributed by atoms with Crippen molar-refractivity contribution in [2.24, 2.45) is 0 Å². The van der Waals surface area contributed by atoms with Crippen LogP contribution in [0.2, 0.25) is 0 Å². The van der Waals surface area contributed by atoms with Crippen molar-refractivity contribution in [1.82, 2.24) is 9.88 Å². The normalized spacial score (nSPS) is 11.8. The molecule has 0 fully saturated rings. The van der Waals surface area contributed by atoms with Crippen molar-refractivity contribution in [3.8, 4) is 5.75 Å². The molecule has 0 N–H and O–H groups in total.